The van der Waals surface area contributed by atoms with Crippen LogP contribution in [0.1, 0.15) is 20.7 Å². The van der Waals surface area contributed by atoms with Crippen LogP contribution in [0, 0.1) is 5.82 Å². The number of rotatable bonds is 6. The van der Waals surface area contributed by atoms with Gasteiger partial charge in [-0.3, -0.25) is 9.59 Å². The van der Waals surface area contributed by atoms with Crippen molar-refractivity contribution in [3.8, 4) is 16.9 Å². The van der Waals surface area contributed by atoms with E-state index in [2.05, 4.69) is 10.4 Å². The Bertz CT molecular complexity index is 1170. The fourth-order valence-corrected chi connectivity index (χ4v) is 3.06. The lowest BCUT2D eigenvalue weighted by atomic mass is 10.1. The summed E-state index contributed by atoms with van der Waals surface area (Å²) in [5, 5.41) is 7.20. The molecule has 1 heterocycles. The van der Waals surface area contributed by atoms with Gasteiger partial charge in [-0.15, -0.1) is 0 Å². The Balaban J connectivity index is 1.63. The number of carbonyl (C=O) groups is 2. The molecule has 4 rings (SSSR count). The third kappa shape index (κ3) is 4.17. The number of benzene rings is 3. The highest BCUT2D eigenvalue weighted by Gasteiger charge is 2.19. The summed E-state index contributed by atoms with van der Waals surface area (Å²) < 4.78 is 15.0. The zero-order valence-electron chi connectivity index (χ0n) is 16.0. The van der Waals surface area contributed by atoms with Crippen molar-refractivity contribution in [3.05, 3.63) is 108 Å². The van der Waals surface area contributed by atoms with E-state index in [-0.39, 0.29) is 18.1 Å². The molecule has 0 spiro atoms. The van der Waals surface area contributed by atoms with Crippen molar-refractivity contribution in [2.24, 2.45) is 0 Å². The molecule has 1 amide bonds. The summed E-state index contributed by atoms with van der Waals surface area (Å²) in [5.41, 5.74) is 2.61. The quantitative estimate of drug-likeness (QED) is 0.492. The number of ketones is 1. The van der Waals surface area contributed by atoms with Gasteiger partial charge in [0.1, 0.15) is 11.5 Å². The largest absolute Gasteiger partial charge is 0.344 e. The molecule has 0 bridgehead atoms. The standard InChI is InChI=1S/C24H18FN3O2/c25-19-13-11-18(12-14-19)23-21(16-28(27-23)20-9-5-2-6-10-20)24(30)26-15-22(29)17-7-3-1-4-8-17/h1-14,16H,15H2,(H,26,30). The number of halogens is 1. The molecule has 1 N–H and O–H groups in total. The van der Waals surface area contributed by atoms with Gasteiger partial charge in [0.25, 0.3) is 5.91 Å². The minimum Gasteiger partial charge on any atom is -0.344 e. The van der Waals surface area contributed by atoms with Gasteiger partial charge in [-0.05, 0) is 36.4 Å². The van der Waals surface area contributed by atoms with E-state index >= 15 is 0 Å². The third-order valence-corrected chi connectivity index (χ3v) is 4.60. The Morgan fingerprint density at radius 2 is 1.50 bits per heavy atom. The molecule has 0 unspecified atom stereocenters. The second-order valence-corrected chi connectivity index (χ2v) is 6.65. The lowest BCUT2D eigenvalue weighted by molar-refractivity contribution is 0.0904. The predicted molar refractivity (Wildman–Crippen MR) is 112 cm³/mol. The van der Waals surface area contributed by atoms with Crippen molar-refractivity contribution >= 4 is 11.7 Å². The number of nitrogens with one attached hydrogen (secondary N) is 1. The first-order chi connectivity index (χ1) is 14.6. The Hall–Kier alpha value is -4.06. The normalized spacial score (nSPS) is 10.6. The van der Waals surface area contributed by atoms with Gasteiger partial charge in [-0.1, -0.05) is 48.5 Å². The lowest BCUT2D eigenvalue weighted by Gasteiger charge is -2.05. The van der Waals surface area contributed by atoms with Crippen LogP contribution < -0.4 is 5.32 Å². The monoisotopic (exact) mass is 399 g/mol. The maximum absolute atomic E-state index is 13.4. The highest BCUT2D eigenvalue weighted by Crippen LogP contribution is 2.24. The van der Waals surface area contributed by atoms with Crippen molar-refractivity contribution in [1.82, 2.24) is 15.1 Å². The van der Waals surface area contributed by atoms with E-state index in [0.29, 0.717) is 22.4 Å². The smallest absolute Gasteiger partial charge is 0.255 e. The van der Waals surface area contributed by atoms with Gasteiger partial charge >= 0.3 is 0 Å². The van der Waals surface area contributed by atoms with Gasteiger partial charge < -0.3 is 5.32 Å². The van der Waals surface area contributed by atoms with Gasteiger partial charge in [0, 0.05) is 17.3 Å². The van der Waals surface area contributed by atoms with E-state index in [9.17, 15) is 14.0 Å². The molecule has 5 nitrogen and oxygen atoms in total. The molecule has 0 aliphatic carbocycles. The SMILES string of the molecule is O=C(CNC(=O)c1cn(-c2ccccc2)nc1-c1ccc(F)cc1)c1ccccc1. The summed E-state index contributed by atoms with van der Waals surface area (Å²) in [6, 6.07) is 23.9. The zero-order valence-corrected chi connectivity index (χ0v) is 16.0. The first-order valence-electron chi connectivity index (χ1n) is 9.39. The van der Waals surface area contributed by atoms with Crippen LogP contribution in [-0.2, 0) is 0 Å². The van der Waals surface area contributed by atoms with E-state index in [1.165, 1.54) is 12.1 Å². The third-order valence-electron chi connectivity index (χ3n) is 4.60. The van der Waals surface area contributed by atoms with Gasteiger partial charge in [-0.2, -0.15) is 5.10 Å². The Labute approximate surface area is 172 Å². The van der Waals surface area contributed by atoms with Gasteiger partial charge in [0.2, 0.25) is 0 Å². The van der Waals surface area contributed by atoms with Gasteiger partial charge in [-0.25, -0.2) is 9.07 Å². The number of carbonyl (C=O) groups excluding carboxylic acids is 2. The molecular formula is C24H18FN3O2. The molecular weight excluding hydrogens is 381 g/mol. The number of Topliss-reactive ketones (excluding diaryl/α,β-unsaturated/α-hetero) is 1. The van der Waals surface area contributed by atoms with Gasteiger partial charge in [0.15, 0.2) is 5.78 Å². The van der Waals surface area contributed by atoms with Crippen molar-refractivity contribution < 1.29 is 14.0 Å². The molecule has 0 aliphatic heterocycles. The van der Waals surface area contributed by atoms with Crippen molar-refractivity contribution in [2.45, 2.75) is 0 Å². The van der Waals surface area contributed by atoms with Crippen LogP contribution in [0.4, 0.5) is 4.39 Å². The molecule has 4 aromatic rings. The number of para-hydroxylation sites is 1. The summed E-state index contributed by atoms with van der Waals surface area (Å²) in [7, 11) is 0. The average Bonchev–Trinajstić information content (AvgIpc) is 3.24. The molecule has 6 heteroatoms. The van der Waals surface area contributed by atoms with Crippen LogP contribution in [0.3, 0.4) is 0 Å². The van der Waals surface area contributed by atoms with Crippen LogP contribution >= 0.6 is 0 Å². The molecule has 0 saturated carbocycles. The van der Waals surface area contributed by atoms with E-state index in [4.69, 9.17) is 0 Å². The summed E-state index contributed by atoms with van der Waals surface area (Å²) in [6.07, 6.45) is 1.61. The predicted octanol–water partition coefficient (Wildman–Crippen LogP) is 4.29. The van der Waals surface area contributed by atoms with Gasteiger partial charge in [0.05, 0.1) is 17.8 Å². The molecule has 0 fully saturated rings. The van der Waals surface area contributed by atoms with Crippen LogP contribution in [0.5, 0.6) is 0 Å². The molecule has 0 atom stereocenters. The summed E-state index contributed by atoms with van der Waals surface area (Å²) >= 11 is 0. The lowest BCUT2D eigenvalue weighted by Crippen LogP contribution is -2.29. The topological polar surface area (TPSA) is 64.0 Å². The van der Waals surface area contributed by atoms with Crippen molar-refractivity contribution in [3.63, 3.8) is 0 Å². The van der Waals surface area contributed by atoms with Crippen molar-refractivity contribution in [2.75, 3.05) is 6.54 Å². The second-order valence-electron chi connectivity index (χ2n) is 6.65. The average molecular weight is 399 g/mol. The summed E-state index contributed by atoms with van der Waals surface area (Å²) in [4.78, 5) is 25.2. The molecule has 0 saturated heterocycles. The molecule has 3 aromatic carbocycles. The van der Waals surface area contributed by atoms with E-state index < -0.39 is 5.91 Å². The zero-order chi connectivity index (χ0) is 20.9. The molecule has 1 aromatic heterocycles. The fraction of sp³-hybridized carbons (Fsp3) is 0.0417. The van der Waals surface area contributed by atoms with Crippen LogP contribution in [0.15, 0.2) is 91.1 Å². The number of hydrogen-bond donors (Lipinski definition) is 1. The molecule has 0 aliphatic rings. The van der Waals surface area contributed by atoms with Crippen LogP contribution in [0.2, 0.25) is 0 Å². The number of aromatic nitrogens is 2. The van der Waals surface area contributed by atoms with E-state index in [0.717, 1.165) is 5.69 Å². The maximum atomic E-state index is 13.4. The molecule has 148 valence electrons. The molecule has 0 radical (unpaired) electrons. The van der Waals surface area contributed by atoms with Crippen molar-refractivity contribution in [1.29, 1.82) is 0 Å². The minimum atomic E-state index is -0.430. The highest BCUT2D eigenvalue weighted by atomic mass is 19.1. The first kappa shape index (κ1) is 19.3. The maximum Gasteiger partial charge on any atom is 0.255 e. The Kier molecular flexibility index (Phi) is 5.48. The summed E-state index contributed by atoms with van der Waals surface area (Å²) in [6.45, 7) is -0.137. The fourth-order valence-electron chi connectivity index (χ4n) is 3.06. The van der Waals surface area contributed by atoms with Crippen LogP contribution in [-0.4, -0.2) is 28.0 Å². The minimum absolute atomic E-state index is 0.137. The number of amides is 1. The van der Waals surface area contributed by atoms with E-state index in [1.807, 2.05) is 36.4 Å². The second kappa shape index (κ2) is 8.53. The summed E-state index contributed by atoms with van der Waals surface area (Å²) in [5.74, 6) is -0.996. The Morgan fingerprint density at radius 1 is 0.867 bits per heavy atom. The highest BCUT2D eigenvalue weighted by molar-refractivity contribution is 6.04. The molecule has 30 heavy (non-hydrogen) atoms. The first-order valence-corrected chi connectivity index (χ1v) is 9.39. The van der Waals surface area contributed by atoms with E-state index in [1.54, 1.807) is 47.3 Å². The number of hydrogen-bond acceptors (Lipinski definition) is 3. The Morgan fingerprint density at radius 3 is 2.17 bits per heavy atom. The number of nitrogens with zero attached hydrogens (tertiary/aromatic N) is 2. The van der Waals surface area contributed by atoms with Crippen LogP contribution in [0.25, 0.3) is 16.9 Å².